The maximum atomic E-state index is 14.5. The summed E-state index contributed by atoms with van der Waals surface area (Å²) in [5.74, 6) is -1.01. The number of benzene rings is 2. The quantitative estimate of drug-likeness (QED) is 0.477. The summed E-state index contributed by atoms with van der Waals surface area (Å²) in [6.07, 6.45) is 3.26. The summed E-state index contributed by atoms with van der Waals surface area (Å²) >= 11 is 0. The number of likely N-dealkylation sites (N-methyl/N-ethyl adjacent to an activating group) is 1. The van der Waals surface area contributed by atoms with Gasteiger partial charge in [0.15, 0.2) is 17.5 Å². The summed E-state index contributed by atoms with van der Waals surface area (Å²) in [5.41, 5.74) is 1.58. The molecule has 0 unspecified atom stereocenters. The van der Waals surface area contributed by atoms with E-state index in [4.69, 9.17) is 4.74 Å². The van der Waals surface area contributed by atoms with Gasteiger partial charge in [0.1, 0.15) is 17.1 Å². The van der Waals surface area contributed by atoms with Crippen LogP contribution in [-0.2, 0) is 4.79 Å². The lowest BCUT2D eigenvalue weighted by Gasteiger charge is -2.16. The molecule has 2 aromatic carbocycles. The van der Waals surface area contributed by atoms with Crippen LogP contribution in [0, 0.1) is 11.6 Å². The van der Waals surface area contributed by atoms with E-state index < -0.39 is 11.6 Å². The SMILES string of the molecule is COc1cc(-c2cccc(F)c2F)cc2c(NCC(=O)N(C)C)nc(-c3cccnc3)nc12. The molecule has 0 saturated heterocycles. The fraction of sp³-hybridized carbons (Fsp3) is 0.167. The van der Waals surface area contributed by atoms with Gasteiger partial charge in [-0.05, 0) is 35.9 Å². The van der Waals surface area contributed by atoms with Crippen LogP contribution in [0.15, 0.2) is 54.9 Å². The van der Waals surface area contributed by atoms with Crippen LogP contribution < -0.4 is 10.1 Å². The molecule has 0 radical (unpaired) electrons. The number of ether oxygens (including phenoxy) is 1. The van der Waals surface area contributed by atoms with E-state index in [9.17, 15) is 13.6 Å². The van der Waals surface area contributed by atoms with Gasteiger partial charge in [-0.25, -0.2) is 18.7 Å². The van der Waals surface area contributed by atoms with Crippen LogP contribution in [-0.4, -0.2) is 53.5 Å². The molecule has 4 aromatic rings. The molecule has 2 heterocycles. The normalized spacial score (nSPS) is 10.8. The van der Waals surface area contributed by atoms with Crippen molar-refractivity contribution in [2.75, 3.05) is 33.1 Å². The van der Waals surface area contributed by atoms with Gasteiger partial charge < -0.3 is 15.0 Å². The Morgan fingerprint density at radius 2 is 1.91 bits per heavy atom. The van der Waals surface area contributed by atoms with E-state index in [1.807, 2.05) is 6.07 Å². The van der Waals surface area contributed by atoms with Crippen molar-refractivity contribution in [3.05, 3.63) is 66.5 Å². The highest BCUT2D eigenvalue weighted by Crippen LogP contribution is 2.36. The first-order valence-corrected chi connectivity index (χ1v) is 10.1. The van der Waals surface area contributed by atoms with E-state index in [0.717, 1.165) is 6.07 Å². The lowest BCUT2D eigenvalue weighted by molar-refractivity contribution is -0.126. The molecule has 7 nitrogen and oxygen atoms in total. The number of aromatic nitrogens is 3. The Balaban J connectivity index is 1.94. The molecule has 0 spiro atoms. The standard InChI is InChI=1S/C24H21F2N5O2/c1-31(2)20(32)13-28-24-17-10-15(16-7-4-8-18(25)21(16)26)11-19(33-3)22(17)29-23(30-24)14-6-5-9-27-12-14/h4-12H,13H2,1-3H3,(H,28,29,30). The molecule has 33 heavy (non-hydrogen) atoms. The van der Waals surface area contributed by atoms with Gasteiger partial charge >= 0.3 is 0 Å². The maximum Gasteiger partial charge on any atom is 0.241 e. The van der Waals surface area contributed by atoms with E-state index in [-0.39, 0.29) is 18.0 Å². The minimum Gasteiger partial charge on any atom is -0.494 e. The number of hydrogen-bond acceptors (Lipinski definition) is 6. The third kappa shape index (κ3) is 4.43. The zero-order valence-corrected chi connectivity index (χ0v) is 18.3. The number of pyridine rings is 1. The summed E-state index contributed by atoms with van der Waals surface area (Å²) in [4.78, 5) is 27.0. The van der Waals surface area contributed by atoms with Gasteiger partial charge in [-0.3, -0.25) is 9.78 Å². The fourth-order valence-electron chi connectivity index (χ4n) is 3.31. The molecule has 4 rings (SSSR count). The Morgan fingerprint density at radius 1 is 1.09 bits per heavy atom. The van der Waals surface area contributed by atoms with Gasteiger partial charge in [0.25, 0.3) is 0 Å². The molecule has 1 amide bonds. The number of carbonyl (C=O) groups excluding carboxylic acids is 1. The summed E-state index contributed by atoms with van der Waals surface area (Å²) in [6.45, 7) is -0.0214. The smallest absolute Gasteiger partial charge is 0.241 e. The predicted molar refractivity (Wildman–Crippen MR) is 122 cm³/mol. The minimum absolute atomic E-state index is 0.0214. The number of methoxy groups -OCH3 is 1. The number of nitrogens with one attached hydrogen (secondary N) is 1. The number of fused-ring (bicyclic) bond motifs is 1. The number of amides is 1. The molecule has 0 bridgehead atoms. The maximum absolute atomic E-state index is 14.5. The second-order valence-corrected chi connectivity index (χ2v) is 7.46. The number of rotatable bonds is 6. The lowest BCUT2D eigenvalue weighted by atomic mass is 10.0. The topological polar surface area (TPSA) is 80.2 Å². The molecule has 168 valence electrons. The van der Waals surface area contributed by atoms with Gasteiger partial charge in [0.2, 0.25) is 5.91 Å². The van der Waals surface area contributed by atoms with Gasteiger partial charge in [-0.15, -0.1) is 0 Å². The molecule has 0 aliphatic rings. The van der Waals surface area contributed by atoms with E-state index in [0.29, 0.717) is 39.4 Å². The Bertz CT molecular complexity index is 1330. The van der Waals surface area contributed by atoms with E-state index in [1.165, 1.54) is 24.1 Å². The molecule has 0 aliphatic carbocycles. The van der Waals surface area contributed by atoms with Crippen LogP contribution in [0.1, 0.15) is 0 Å². The highest BCUT2D eigenvalue weighted by atomic mass is 19.2. The first-order chi connectivity index (χ1) is 15.9. The summed E-state index contributed by atoms with van der Waals surface area (Å²) in [7, 11) is 4.77. The first kappa shape index (κ1) is 22.1. The number of carbonyl (C=O) groups is 1. The molecule has 0 fully saturated rings. The lowest BCUT2D eigenvalue weighted by Crippen LogP contribution is -2.29. The fourth-order valence-corrected chi connectivity index (χ4v) is 3.31. The second-order valence-electron chi connectivity index (χ2n) is 7.46. The van der Waals surface area contributed by atoms with Gasteiger partial charge in [0, 0.05) is 43.0 Å². The Labute approximate surface area is 189 Å². The molecular weight excluding hydrogens is 428 g/mol. The third-order valence-electron chi connectivity index (χ3n) is 5.07. The Morgan fingerprint density at radius 3 is 2.61 bits per heavy atom. The molecule has 0 saturated carbocycles. The number of halogens is 2. The van der Waals surface area contributed by atoms with Crippen molar-refractivity contribution in [3.63, 3.8) is 0 Å². The number of anilines is 1. The highest BCUT2D eigenvalue weighted by molar-refractivity contribution is 5.98. The van der Waals surface area contributed by atoms with Crippen LogP contribution in [0.5, 0.6) is 5.75 Å². The van der Waals surface area contributed by atoms with Crippen LogP contribution in [0.2, 0.25) is 0 Å². The number of nitrogens with zero attached hydrogens (tertiary/aromatic N) is 4. The summed E-state index contributed by atoms with van der Waals surface area (Å²) < 4.78 is 34.0. The molecule has 0 aliphatic heterocycles. The largest absolute Gasteiger partial charge is 0.494 e. The van der Waals surface area contributed by atoms with E-state index in [1.54, 1.807) is 44.7 Å². The monoisotopic (exact) mass is 449 g/mol. The van der Waals surface area contributed by atoms with Crippen molar-refractivity contribution >= 4 is 22.6 Å². The average Bonchev–Trinajstić information content (AvgIpc) is 2.83. The van der Waals surface area contributed by atoms with Crippen molar-refractivity contribution in [1.82, 2.24) is 19.9 Å². The van der Waals surface area contributed by atoms with Crippen molar-refractivity contribution in [3.8, 4) is 28.3 Å². The zero-order valence-electron chi connectivity index (χ0n) is 18.3. The summed E-state index contributed by atoms with van der Waals surface area (Å²) in [6, 6.07) is 10.8. The van der Waals surface area contributed by atoms with E-state index >= 15 is 0 Å². The molecule has 1 N–H and O–H groups in total. The zero-order chi connectivity index (χ0) is 23.5. The van der Waals surface area contributed by atoms with Crippen molar-refractivity contribution in [2.24, 2.45) is 0 Å². The highest BCUT2D eigenvalue weighted by Gasteiger charge is 2.18. The van der Waals surface area contributed by atoms with Crippen LogP contribution in [0.4, 0.5) is 14.6 Å². The van der Waals surface area contributed by atoms with Gasteiger partial charge in [-0.2, -0.15) is 0 Å². The molecule has 2 aromatic heterocycles. The van der Waals surface area contributed by atoms with Crippen LogP contribution >= 0.6 is 0 Å². The van der Waals surface area contributed by atoms with Crippen LogP contribution in [0.25, 0.3) is 33.4 Å². The van der Waals surface area contributed by atoms with Crippen molar-refractivity contribution < 1.29 is 18.3 Å². The number of hydrogen-bond donors (Lipinski definition) is 1. The molecule has 9 heteroatoms. The average molecular weight is 449 g/mol. The minimum atomic E-state index is -0.968. The van der Waals surface area contributed by atoms with Crippen molar-refractivity contribution in [1.29, 1.82) is 0 Å². The van der Waals surface area contributed by atoms with Gasteiger partial charge in [0.05, 0.1) is 13.7 Å². The first-order valence-electron chi connectivity index (χ1n) is 10.1. The molecular formula is C24H21F2N5O2. The third-order valence-corrected chi connectivity index (χ3v) is 5.07. The van der Waals surface area contributed by atoms with E-state index in [2.05, 4.69) is 20.3 Å². The Hall–Kier alpha value is -4.14. The van der Waals surface area contributed by atoms with Crippen molar-refractivity contribution in [2.45, 2.75) is 0 Å². The molecule has 0 atom stereocenters. The second kappa shape index (κ2) is 9.15. The predicted octanol–water partition coefficient (Wildman–Crippen LogP) is 4.15. The summed E-state index contributed by atoms with van der Waals surface area (Å²) in [5, 5.41) is 3.54. The van der Waals surface area contributed by atoms with Crippen LogP contribution in [0.3, 0.4) is 0 Å². The Kier molecular flexibility index (Phi) is 6.12. The van der Waals surface area contributed by atoms with Gasteiger partial charge in [-0.1, -0.05) is 12.1 Å².